The zero-order chi connectivity index (χ0) is 11.8. The summed E-state index contributed by atoms with van der Waals surface area (Å²) in [5, 5.41) is 4.36. The maximum atomic E-state index is 3.54. The Labute approximate surface area is 106 Å². The van der Waals surface area contributed by atoms with Crippen LogP contribution >= 0.6 is 11.8 Å². The zero-order valence-corrected chi connectivity index (χ0v) is 12.0. The van der Waals surface area contributed by atoms with Crippen LogP contribution < -0.4 is 5.32 Å². The summed E-state index contributed by atoms with van der Waals surface area (Å²) in [7, 11) is 0. The molecule has 96 valence electrons. The fourth-order valence-corrected chi connectivity index (χ4v) is 2.59. The van der Waals surface area contributed by atoms with E-state index in [4.69, 9.17) is 0 Å². The maximum Gasteiger partial charge on any atom is 0.00281 e. The Hall–Kier alpha value is 0.270. The summed E-state index contributed by atoms with van der Waals surface area (Å²) in [6.45, 7) is 10.9. The molecular formula is C13H28N2S. The van der Waals surface area contributed by atoms with Gasteiger partial charge >= 0.3 is 0 Å². The molecule has 0 aliphatic carbocycles. The molecule has 0 bridgehead atoms. The van der Waals surface area contributed by atoms with Crippen molar-refractivity contribution in [3.63, 3.8) is 0 Å². The van der Waals surface area contributed by atoms with E-state index in [0.29, 0.717) is 0 Å². The Bertz CT molecular complexity index is 175. The highest BCUT2D eigenvalue weighted by atomic mass is 32.2. The molecule has 1 heterocycles. The van der Waals surface area contributed by atoms with Gasteiger partial charge in [-0.05, 0) is 57.6 Å². The van der Waals surface area contributed by atoms with Crippen LogP contribution in [0.3, 0.4) is 0 Å². The van der Waals surface area contributed by atoms with Gasteiger partial charge in [0.1, 0.15) is 0 Å². The van der Waals surface area contributed by atoms with Gasteiger partial charge in [-0.2, -0.15) is 11.8 Å². The van der Waals surface area contributed by atoms with Gasteiger partial charge in [0, 0.05) is 11.8 Å². The van der Waals surface area contributed by atoms with Gasteiger partial charge in [-0.3, -0.25) is 0 Å². The van der Waals surface area contributed by atoms with Gasteiger partial charge in [-0.25, -0.2) is 0 Å². The zero-order valence-electron chi connectivity index (χ0n) is 11.2. The number of nitrogens with zero attached hydrogens (tertiary/aromatic N) is 1. The van der Waals surface area contributed by atoms with Gasteiger partial charge in [0.05, 0.1) is 0 Å². The van der Waals surface area contributed by atoms with Crippen molar-refractivity contribution in [2.24, 2.45) is 5.92 Å². The lowest BCUT2D eigenvalue weighted by atomic mass is 10.1. The molecule has 0 amide bonds. The summed E-state index contributed by atoms with van der Waals surface area (Å²) in [5.41, 5.74) is 0. The Kier molecular flexibility index (Phi) is 7.50. The number of hydrogen-bond acceptors (Lipinski definition) is 3. The molecular weight excluding hydrogens is 216 g/mol. The second-order valence-electron chi connectivity index (χ2n) is 4.99. The van der Waals surface area contributed by atoms with E-state index in [0.717, 1.165) is 11.2 Å². The van der Waals surface area contributed by atoms with Gasteiger partial charge in [-0.15, -0.1) is 0 Å². The molecule has 0 radical (unpaired) electrons. The first-order valence-corrected chi connectivity index (χ1v) is 8.01. The van der Waals surface area contributed by atoms with Gasteiger partial charge in [0.15, 0.2) is 0 Å². The Balaban J connectivity index is 2.05. The van der Waals surface area contributed by atoms with Crippen molar-refractivity contribution in [3.8, 4) is 0 Å². The Morgan fingerprint density at radius 2 is 2.31 bits per heavy atom. The van der Waals surface area contributed by atoms with Crippen LogP contribution in [0.25, 0.3) is 0 Å². The van der Waals surface area contributed by atoms with Gasteiger partial charge in [0.2, 0.25) is 0 Å². The highest BCUT2D eigenvalue weighted by molar-refractivity contribution is 7.99. The molecule has 1 aliphatic heterocycles. The van der Waals surface area contributed by atoms with E-state index in [1.54, 1.807) is 0 Å². The normalized spacial score (nSPS) is 23.8. The minimum Gasteiger partial charge on any atom is -0.316 e. The molecule has 1 rings (SSSR count). The van der Waals surface area contributed by atoms with E-state index in [-0.39, 0.29) is 0 Å². The minimum absolute atomic E-state index is 0.817. The smallest absolute Gasteiger partial charge is 0.00281 e. The lowest BCUT2D eigenvalue weighted by molar-refractivity contribution is 0.317. The molecule has 0 spiro atoms. The average molecular weight is 244 g/mol. The molecule has 16 heavy (non-hydrogen) atoms. The van der Waals surface area contributed by atoms with Crippen LogP contribution in [0.1, 0.15) is 33.1 Å². The van der Waals surface area contributed by atoms with E-state index in [1.165, 1.54) is 52.0 Å². The first-order valence-electron chi connectivity index (χ1n) is 6.72. The van der Waals surface area contributed by atoms with Crippen LogP contribution in [0.5, 0.6) is 0 Å². The van der Waals surface area contributed by atoms with E-state index in [2.05, 4.69) is 30.3 Å². The van der Waals surface area contributed by atoms with Crippen LogP contribution in [0.4, 0.5) is 0 Å². The Morgan fingerprint density at radius 1 is 1.50 bits per heavy atom. The first-order chi connectivity index (χ1) is 7.76. The SMILES string of the molecule is CCCNCC1CCN(CCC(C)SC)C1. The summed E-state index contributed by atoms with van der Waals surface area (Å²) in [4.78, 5) is 2.64. The van der Waals surface area contributed by atoms with Gasteiger partial charge in [-0.1, -0.05) is 13.8 Å². The number of hydrogen-bond donors (Lipinski definition) is 1. The molecule has 0 aromatic heterocycles. The highest BCUT2D eigenvalue weighted by Gasteiger charge is 2.21. The van der Waals surface area contributed by atoms with Crippen molar-refractivity contribution in [2.75, 3.05) is 39.0 Å². The van der Waals surface area contributed by atoms with Crippen LogP contribution in [0, 0.1) is 5.92 Å². The third-order valence-electron chi connectivity index (χ3n) is 3.48. The molecule has 2 atom stereocenters. The molecule has 0 saturated carbocycles. The van der Waals surface area contributed by atoms with Crippen molar-refractivity contribution in [2.45, 2.75) is 38.4 Å². The second-order valence-corrected chi connectivity index (χ2v) is 6.27. The van der Waals surface area contributed by atoms with E-state index in [1.807, 2.05) is 11.8 Å². The average Bonchev–Trinajstić information content (AvgIpc) is 2.74. The molecule has 0 aromatic rings. The number of thioether (sulfide) groups is 1. The fraction of sp³-hybridized carbons (Fsp3) is 1.00. The lowest BCUT2D eigenvalue weighted by Crippen LogP contribution is -2.28. The van der Waals surface area contributed by atoms with E-state index in [9.17, 15) is 0 Å². The third-order valence-corrected chi connectivity index (χ3v) is 4.52. The first kappa shape index (κ1) is 14.3. The third kappa shape index (κ3) is 5.55. The summed E-state index contributed by atoms with van der Waals surface area (Å²) in [6.07, 6.45) is 6.20. The van der Waals surface area contributed by atoms with Crippen LogP contribution in [0.15, 0.2) is 0 Å². The molecule has 3 heteroatoms. The van der Waals surface area contributed by atoms with Crippen molar-refractivity contribution < 1.29 is 0 Å². The van der Waals surface area contributed by atoms with E-state index < -0.39 is 0 Å². The molecule has 1 N–H and O–H groups in total. The molecule has 0 aromatic carbocycles. The maximum absolute atomic E-state index is 3.54. The second kappa shape index (κ2) is 8.37. The van der Waals surface area contributed by atoms with Gasteiger partial charge in [0.25, 0.3) is 0 Å². The van der Waals surface area contributed by atoms with Crippen molar-refractivity contribution in [1.82, 2.24) is 10.2 Å². The van der Waals surface area contributed by atoms with Crippen LogP contribution in [-0.4, -0.2) is 49.1 Å². The number of rotatable bonds is 8. The van der Waals surface area contributed by atoms with Crippen molar-refractivity contribution in [3.05, 3.63) is 0 Å². The standard InChI is InChI=1S/C13H28N2S/c1-4-7-14-10-13-6-9-15(11-13)8-5-12(2)16-3/h12-14H,4-11H2,1-3H3. The highest BCUT2D eigenvalue weighted by Crippen LogP contribution is 2.17. The molecule has 1 aliphatic rings. The molecule has 1 saturated heterocycles. The molecule has 1 fully saturated rings. The summed E-state index contributed by atoms with van der Waals surface area (Å²) >= 11 is 1.99. The predicted molar refractivity (Wildman–Crippen MR) is 75.3 cm³/mol. The van der Waals surface area contributed by atoms with Crippen LogP contribution in [0.2, 0.25) is 0 Å². The number of likely N-dealkylation sites (tertiary alicyclic amines) is 1. The molecule has 2 unspecified atom stereocenters. The minimum atomic E-state index is 0.817. The quantitative estimate of drug-likeness (QED) is 0.660. The largest absolute Gasteiger partial charge is 0.316 e. The van der Waals surface area contributed by atoms with Gasteiger partial charge < -0.3 is 10.2 Å². The van der Waals surface area contributed by atoms with E-state index >= 15 is 0 Å². The fourth-order valence-electron chi connectivity index (χ4n) is 2.25. The number of nitrogens with one attached hydrogen (secondary N) is 1. The Morgan fingerprint density at radius 3 is 3.00 bits per heavy atom. The van der Waals surface area contributed by atoms with Crippen molar-refractivity contribution in [1.29, 1.82) is 0 Å². The summed E-state index contributed by atoms with van der Waals surface area (Å²) in [6, 6.07) is 0. The summed E-state index contributed by atoms with van der Waals surface area (Å²) in [5.74, 6) is 0.899. The summed E-state index contributed by atoms with van der Waals surface area (Å²) < 4.78 is 0. The predicted octanol–water partition coefficient (Wildman–Crippen LogP) is 2.45. The van der Waals surface area contributed by atoms with Crippen molar-refractivity contribution >= 4 is 11.8 Å². The topological polar surface area (TPSA) is 15.3 Å². The lowest BCUT2D eigenvalue weighted by Gasteiger charge is -2.18. The monoisotopic (exact) mass is 244 g/mol. The van der Waals surface area contributed by atoms with Crippen LogP contribution in [-0.2, 0) is 0 Å². The molecule has 2 nitrogen and oxygen atoms in total.